The van der Waals surface area contributed by atoms with Crippen LogP contribution < -0.4 is 44.6 Å². The minimum absolute atomic E-state index is 0.00959. The minimum Gasteiger partial charge on any atom is -0.508 e. The number of rotatable bonds is 19. The molecule has 0 bridgehead atoms. The van der Waals surface area contributed by atoms with E-state index >= 15 is 0 Å². The Bertz CT molecular complexity index is 1390. The average Bonchev–Trinajstić information content (AvgIpc) is 2.99. The Morgan fingerprint density at radius 3 is 1.98 bits per heavy atom. The highest BCUT2D eigenvalue weighted by Gasteiger charge is 2.30. The van der Waals surface area contributed by atoms with Gasteiger partial charge in [-0.2, -0.15) is 0 Å². The molecule has 0 heterocycles. The van der Waals surface area contributed by atoms with Gasteiger partial charge in [0.2, 0.25) is 23.6 Å². The lowest BCUT2D eigenvalue weighted by Crippen LogP contribution is -2.58. The largest absolute Gasteiger partial charge is 0.508 e. The van der Waals surface area contributed by atoms with Crippen molar-refractivity contribution in [3.63, 3.8) is 0 Å². The number of aromatic hydroxyl groups is 2. The monoisotopic (exact) mass is 655 g/mol. The van der Waals surface area contributed by atoms with Crippen molar-refractivity contribution in [2.75, 3.05) is 13.1 Å². The number of benzene rings is 2. The van der Waals surface area contributed by atoms with Gasteiger partial charge in [0.15, 0.2) is 5.96 Å². The molecule has 15 nitrogen and oxygen atoms in total. The maximum atomic E-state index is 13.8. The van der Waals surface area contributed by atoms with Crippen LogP contribution in [0, 0.1) is 13.8 Å². The molecule has 15 heteroatoms. The van der Waals surface area contributed by atoms with Crippen LogP contribution >= 0.6 is 0 Å². The highest BCUT2D eigenvalue weighted by Crippen LogP contribution is 2.22. The molecule has 0 aliphatic heterocycles. The Morgan fingerprint density at radius 2 is 1.38 bits per heavy atom. The van der Waals surface area contributed by atoms with Crippen molar-refractivity contribution in [1.29, 1.82) is 0 Å². The second-order valence-electron chi connectivity index (χ2n) is 11.6. The van der Waals surface area contributed by atoms with Crippen LogP contribution in [-0.4, -0.2) is 77.1 Å². The van der Waals surface area contributed by atoms with Crippen LogP contribution in [0.5, 0.6) is 11.5 Å². The first kappa shape index (κ1) is 38.3. The van der Waals surface area contributed by atoms with Gasteiger partial charge in [0.1, 0.15) is 29.6 Å². The van der Waals surface area contributed by atoms with Crippen LogP contribution in [0.2, 0.25) is 0 Å². The van der Waals surface area contributed by atoms with Gasteiger partial charge < -0.3 is 54.8 Å². The van der Waals surface area contributed by atoms with Crippen LogP contribution in [0.4, 0.5) is 0 Å². The first-order chi connectivity index (χ1) is 22.2. The summed E-state index contributed by atoms with van der Waals surface area (Å²) in [6, 6.07) is 4.94. The first-order valence-corrected chi connectivity index (χ1v) is 15.5. The van der Waals surface area contributed by atoms with Gasteiger partial charge in [-0.05, 0) is 99.0 Å². The first-order valence-electron chi connectivity index (χ1n) is 15.5. The molecular formula is C32H49N9O6. The van der Waals surface area contributed by atoms with E-state index in [1.165, 1.54) is 12.1 Å². The predicted octanol–water partition coefficient (Wildman–Crippen LogP) is -1.05. The summed E-state index contributed by atoms with van der Waals surface area (Å²) in [5.41, 5.74) is 30.7. The Kier molecular flexibility index (Phi) is 15.4. The molecule has 4 amide bonds. The van der Waals surface area contributed by atoms with E-state index in [1.54, 1.807) is 38.1 Å². The molecule has 2 aromatic rings. The topological polar surface area (TPSA) is 287 Å². The van der Waals surface area contributed by atoms with Gasteiger partial charge in [-0.3, -0.25) is 24.2 Å². The third-order valence-corrected chi connectivity index (χ3v) is 7.62. The molecule has 47 heavy (non-hydrogen) atoms. The number of phenols is 2. The molecule has 0 radical (unpaired) electrons. The Balaban J connectivity index is 2.31. The fourth-order valence-corrected chi connectivity index (χ4v) is 5.08. The molecule has 0 saturated heterocycles. The lowest BCUT2D eigenvalue weighted by molar-refractivity contribution is -0.133. The van der Waals surface area contributed by atoms with Crippen molar-refractivity contribution < 1.29 is 29.4 Å². The Hall–Kier alpha value is -4.89. The maximum Gasteiger partial charge on any atom is 0.243 e. The number of guanidine groups is 1. The Morgan fingerprint density at radius 1 is 0.766 bits per heavy atom. The summed E-state index contributed by atoms with van der Waals surface area (Å²) in [4.78, 5) is 56.7. The molecule has 4 atom stereocenters. The number of carbonyl (C=O) groups is 4. The number of aliphatic imine (C=N–C) groups is 1. The number of hydrogen-bond donors (Lipinski definition) is 10. The fraction of sp³-hybridized carbons (Fsp3) is 0.469. The molecule has 2 rings (SSSR count). The van der Waals surface area contributed by atoms with Gasteiger partial charge in [0, 0.05) is 19.4 Å². The number of unbranched alkanes of at least 4 members (excludes halogenated alkanes) is 1. The summed E-state index contributed by atoms with van der Waals surface area (Å²) in [5.74, 6) is -2.73. The molecule has 0 fully saturated rings. The van der Waals surface area contributed by atoms with Gasteiger partial charge in [-0.1, -0.05) is 12.1 Å². The van der Waals surface area contributed by atoms with E-state index in [1.807, 2.05) is 0 Å². The SMILES string of the molecule is Cc1cc(O)cc(C)c1C[C@H](NC(=O)[C@H](N)CCCN=C(N)N)C(=O)N[C@@H](CCCCN)C(=O)N[C@@H](Cc1cccc(O)c1)C(N)=O. The minimum atomic E-state index is -1.16. The highest BCUT2D eigenvalue weighted by atomic mass is 16.3. The number of carbonyl (C=O) groups excluding carboxylic acids is 4. The molecule has 2 aromatic carbocycles. The van der Waals surface area contributed by atoms with Crippen molar-refractivity contribution in [2.45, 2.75) is 83.0 Å². The summed E-state index contributed by atoms with van der Waals surface area (Å²) < 4.78 is 0. The van der Waals surface area contributed by atoms with Gasteiger partial charge in [-0.15, -0.1) is 0 Å². The second kappa shape index (κ2) is 18.9. The molecular weight excluding hydrogens is 606 g/mol. The molecule has 0 saturated carbocycles. The van der Waals surface area contributed by atoms with Crippen molar-refractivity contribution >= 4 is 29.6 Å². The van der Waals surface area contributed by atoms with Crippen LogP contribution in [0.1, 0.15) is 54.4 Å². The number of primary amides is 1. The van der Waals surface area contributed by atoms with Crippen LogP contribution in [0.25, 0.3) is 0 Å². The molecule has 0 aliphatic carbocycles. The van der Waals surface area contributed by atoms with Gasteiger partial charge in [0.05, 0.1) is 6.04 Å². The summed E-state index contributed by atoms with van der Waals surface area (Å²) in [6.07, 6.45) is 1.96. The zero-order valence-electron chi connectivity index (χ0n) is 27.0. The molecule has 0 aliphatic rings. The highest BCUT2D eigenvalue weighted by molar-refractivity contribution is 5.94. The van der Waals surface area contributed by atoms with Crippen molar-refractivity contribution in [3.8, 4) is 11.5 Å². The summed E-state index contributed by atoms with van der Waals surface area (Å²) >= 11 is 0. The summed E-state index contributed by atoms with van der Waals surface area (Å²) in [5, 5.41) is 27.9. The fourth-order valence-electron chi connectivity index (χ4n) is 5.08. The van der Waals surface area contributed by atoms with E-state index < -0.39 is 47.8 Å². The van der Waals surface area contributed by atoms with E-state index in [0.717, 1.165) is 0 Å². The molecule has 0 spiro atoms. The molecule has 258 valence electrons. The standard InChI is InChI=1S/C32H49N9O6/c1-18-13-22(43)14-19(2)23(18)17-27(41-29(45)24(34)9-6-12-38-32(36)37)31(47)39-25(10-3-4-11-33)30(46)40-26(28(35)44)16-20-7-5-8-21(42)15-20/h5,7-8,13-15,24-27,42-43H,3-4,6,9-12,16-17,33-34H2,1-2H3,(H2,35,44)(H,39,47)(H,40,46)(H,41,45)(H4,36,37,38)/t24-,25+,26+,27+/m1/s1. The van der Waals surface area contributed by atoms with Crippen LogP contribution in [-0.2, 0) is 32.0 Å². The van der Waals surface area contributed by atoms with Crippen molar-refractivity contribution in [3.05, 3.63) is 58.7 Å². The van der Waals surface area contributed by atoms with Crippen molar-refractivity contribution in [1.82, 2.24) is 16.0 Å². The quantitative estimate of drug-likeness (QED) is 0.0498. The third kappa shape index (κ3) is 13.2. The normalized spacial score (nSPS) is 13.4. The zero-order chi connectivity index (χ0) is 35.1. The molecule has 0 aromatic heterocycles. The van der Waals surface area contributed by atoms with Gasteiger partial charge in [-0.25, -0.2) is 0 Å². The Labute approximate surface area is 274 Å². The van der Waals surface area contributed by atoms with Crippen LogP contribution in [0.3, 0.4) is 0 Å². The predicted molar refractivity (Wildman–Crippen MR) is 179 cm³/mol. The second-order valence-corrected chi connectivity index (χ2v) is 11.6. The molecule has 0 unspecified atom stereocenters. The number of phenolic OH excluding ortho intramolecular Hbond substituents is 2. The smallest absolute Gasteiger partial charge is 0.243 e. The number of hydrogen-bond acceptors (Lipinski definition) is 9. The number of amides is 4. The molecule has 15 N–H and O–H groups in total. The van der Waals surface area contributed by atoms with E-state index in [9.17, 15) is 29.4 Å². The maximum absolute atomic E-state index is 13.8. The zero-order valence-corrected chi connectivity index (χ0v) is 27.0. The van der Waals surface area contributed by atoms with Gasteiger partial charge >= 0.3 is 0 Å². The van der Waals surface area contributed by atoms with Crippen molar-refractivity contribution in [2.24, 2.45) is 33.7 Å². The van der Waals surface area contributed by atoms with Gasteiger partial charge in [0.25, 0.3) is 0 Å². The number of aryl methyl sites for hydroxylation is 2. The summed E-state index contributed by atoms with van der Waals surface area (Å²) in [6.45, 7) is 4.18. The lowest BCUT2D eigenvalue weighted by atomic mass is 9.95. The van der Waals surface area contributed by atoms with E-state index in [4.69, 9.17) is 28.7 Å². The average molecular weight is 656 g/mol. The number of nitrogens with two attached hydrogens (primary N) is 5. The van der Waals surface area contributed by atoms with Crippen LogP contribution in [0.15, 0.2) is 41.4 Å². The van der Waals surface area contributed by atoms with E-state index in [-0.39, 0.29) is 49.7 Å². The lowest BCUT2D eigenvalue weighted by Gasteiger charge is -2.26. The third-order valence-electron chi connectivity index (χ3n) is 7.62. The number of nitrogens with zero attached hydrogens (tertiary/aromatic N) is 1. The number of nitrogens with one attached hydrogen (secondary N) is 3. The van der Waals surface area contributed by atoms with E-state index in [0.29, 0.717) is 48.1 Å². The van der Waals surface area contributed by atoms with E-state index in [2.05, 4.69) is 20.9 Å². The summed E-state index contributed by atoms with van der Waals surface area (Å²) in [7, 11) is 0.